The Bertz CT molecular complexity index is 540. The maximum Gasteiger partial charge on any atom is 0.167 e. The van der Waals surface area contributed by atoms with Crippen LogP contribution in [0.5, 0.6) is 11.5 Å². The summed E-state index contributed by atoms with van der Waals surface area (Å²) in [6, 6.07) is 4.66. The predicted molar refractivity (Wildman–Crippen MR) is 67.6 cm³/mol. The number of pyridine rings is 1. The van der Waals surface area contributed by atoms with E-state index in [1.54, 1.807) is 25.3 Å². The molecule has 0 radical (unpaired) electrons. The third-order valence-electron chi connectivity index (χ3n) is 2.24. The minimum atomic E-state index is -0.314. The zero-order valence-corrected chi connectivity index (χ0v) is 10.7. The van der Waals surface area contributed by atoms with Gasteiger partial charge in [-0.1, -0.05) is 6.07 Å². The fourth-order valence-electron chi connectivity index (χ4n) is 1.30. The molecule has 0 amide bonds. The number of benzene rings is 1. The van der Waals surface area contributed by atoms with E-state index in [2.05, 4.69) is 20.9 Å². The molecule has 0 saturated carbocycles. The lowest BCUT2D eigenvalue weighted by atomic mass is 10.2. The summed E-state index contributed by atoms with van der Waals surface area (Å²) >= 11 is 3.28. The minimum absolute atomic E-state index is 0.314. The number of hydrogen-bond acceptors (Lipinski definition) is 3. The summed E-state index contributed by atoms with van der Waals surface area (Å²) < 4.78 is 19.5. The lowest BCUT2D eigenvalue weighted by molar-refractivity contribution is 0.475. The highest BCUT2D eigenvalue weighted by Gasteiger charge is 2.08. The Morgan fingerprint density at radius 2 is 2.12 bits per heavy atom. The molecule has 1 aromatic carbocycles. The summed E-state index contributed by atoms with van der Waals surface area (Å²) in [4.78, 5) is 3.89. The average molecular weight is 297 g/mol. The second kappa shape index (κ2) is 4.71. The first-order chi connectivity index (χ1) is 8.08. The van der Waals surface area contributed by atoms with E-state index in [9.17, 15) is 4.39 Å². The van der Waals surface area contributed by atoms with Gasteiger partial charge in [-0.3, -0.25) is 4.98 Å². The van der Waals surface area contributed by atoms with Crippen LogP contribution in [0.2, 0.25) is 0 Å². The van der Waals surface area contributed by atoms with E-state index in [0.29, 0.717) is 27.2 Å². The number of nitrogen functional groups attached to an aromatic ring is 1. The molecule has 0 fully saturated rings. The minimum Gasteiger partial charge on any atom is -0.454 e. The maximum absolute atomic E-state index is 13.3. The summed E-state index contributed by atoms with van der Waals surface area (Å²) in [6.07, 6.45) is 3.04. The molecule has 0 atom stereocenters. The maximum atomic E-state index is 13.3. The number of hydrogen-bond donors (Lipinski definition) is 1. The smallest absolute Gasteiger partial charge is 0.167 e. The van der Waals surface area contributed by atoms with E-state index < -0.39 is 0 Å². The largest absolute Gasteiger partial charge is 0.454 e. The van der Waals surface area contributed by atoms with Gasteiger partial charge >= 0.3 is 0 Å². The molecule has 17 heavy (non-hydrogen) atoms. The van der Waals surface area contributed by atoms with E-state index in [1.165, 1.54) is 12.3 Å². The highest BCUT2D eigenvalue weighted by molar-refractivity contribution is 9.10. The van der Waals surface area contributed by atoms with Gasteiger partial charge in [-0.2, -0.15) is 0 Å². The van der Waals surface area contributed by atoms with Crippen LogP contribution in [0.3, 0.4) is 0 Å². The van der Waals surface area contributed by atoms with E-state index >= 15 is 0 Å². The SMILES string of the molecule is Cc1ccc(Oc2c(N)cncc2Br)cc1F. The summed E-state index contributed by atoms with van der Waals surface area (Å²) in [7, 11) is 0. The zero-order chi connectivity index (χ0) is 12.4. The molecule has 1 heterocycles. The Labute approximate surface area is 107 Å². The van der Waals surface area contributed by atoms with Crippen LogP contribution in [0.4, 0.5) is 10.1 Å². The molecule has 3 nitrogen and oxygen atoms in total. The Balaban J connectivity index is 2.35. The fourth-order valence-corrected chi connectivity index (χ4v) is 1.73. The number of aromatic nitrogens is 1. The van der Waals surface area contributed by atoms with Crippen molar-refractivity contribution in [1.82, 2.24) is 4.98 Å². The van der Waals surface area contributed by atoms with Crippen molar-refractivity contribution in [2.75, 3.05) is 5.73 Å². The Hall–Kier alpha value is -1.62. The van der Waals surface area contributed by atoms with Crippen molar-refractivity contribution >= 4 is 21.6 Å². The third-order valence-corrected chi connectivity index (χ3v) is 2.81. The Morgan fingerprint density at radius 1 is 1.35 bits per heavy atom. The summed E-state index contributed by atoms with van der Waals surface area (Å²) in [5.41, 5.74) is 6.68. The Kier molecular flexibility index (Phi) is 3.28. The molecule has 88 valence electrons. The molecule has 5 heteroatoms. The van der Waals surface area contributed by atoms with E-state index in [1.807, 2.05) is 0 Å². The van der Waals surface area contributed by atoms with Crippen LogP contribution in [0, 0.1) is 12.7 Å². The van der Waals surface area contributed by atoms with Gasteiger partial charge in [0.15, 0.2) is 5.75 Å². The van der Waals surface area contributed by atoms with Crippen molar-refractivity contribution < 1.29 is 9.13 Å². The van der Waals surface area contributed by atoms with Gasteiger partial charge in [0.25, 0.3) is 0 Å². The van der Waals surface area contributed by atoms with Crippen molar-refractivity contribution in [3.8, 4) is 11.5 Å². The first-order valence-electron chi connectivity index (χ1n) is 4.91. The van der Waals surface area contributed by atoms with Gasteiger partial charge in [0.2, 0.25) is 0 Å². The molecule has 0 saturated heterocycles. The van der Waals surface area contributed by atoms with Crippen molar-refractivity contribution in [3.63, 3.8) is 0 Å². The molecular weight excluding hydrogens is 287 g/mol. The van der Waals surface area contributed by atoms with Gasteiger partial charge in [-0.15, -0.1) is 0 Å². The topological polar surface area (TPSA) is 48.1 Å². The molecular formula is C12H10BrFN2O. The van der Waals surface area contributed by atoms with E-state index in [0.717, 1.165) is 0 Å². The van der Waals surface area contributed by atoms with Crippen LogP contribution in [0.1, 0.15) is 5.56 Å². The molecule has 2 N–H and O–H groups in total. The second-order valence-corrected chi connectivity index (χ2v) is 4.41. The van der Waals surface area contributed by atoms with Gasteiger partial charge in [-0.05, 0) is 34.5 Å². The lowest BCUT2D eigenvalue weighted by Gasteiger charge is -2.10. The zero-order valence-electron chi connectivity index (χ0n) is 9.08. The lowest BCUT2D eigenvalue weighted by Crippen LogP contribution is -1.95. The number of nitrogens with zero attached hydrogens (tertiary/aromatic N) is 1. The quantitative estimate of drug-likeness (QED) is 0.920. The standard InChI is InChI=1S/C12H10BrFN2O/c1-7-2-3-8(4-10(7)14)17-12-9(13)5-16-6-11(12)15/h2-6H,15H2,1H3. The van der Waals surface area contributed by atoms with Crippen molar-refractivity contribution in [2.24, 2.45) is 0 Å². The first kappa shape index (κ1) is 11.9. The Morgan fingerprint density at radius 3 is 2.76 bits per heavy atom. The molecule has 0 bridgehead atoms. The molecule has 0 unspecified atom stereocenters. The highest BCUT2D eigenvalue weighted by Crippen LogP contribution is 2.34. The van der Waals surface area contributed by atoms with Crippen LogP contribution < -0.4 is 10.5 Å². The van der Waals surface area contributed by atoms with E-state index in [4.69, 9.17) is 10.5 Å². The number of halogens is 2. The number of ether oxygens (including phenoxy) is 1. The third kappa shape index (κ3) is 2.55. The monoisotopic (exact) mass is 296 g/mol. The second-order valence-electron chi connectivity index (χ2n) is 3.55. The van der Waals surface area contributed by atoms with Crippen molar-refractivity contribution in [2.45, 2.75) is 6.92 Å². The van der Waals surface area contributed by atoms with Crippen molar-refractivity contribution in [1.29, 1.82) is 0 Å². The van der Waals surface area contributed by atoms with E-state index in [-0.39, 0.29) is 5.82 Å². The van der Waals surface area contributed by atoms with Crippen molar-refractivity contribution in [3.05, 3.63) is 46.4 Å². The molecule has 2 rings (SSSR count). The van der Waals surface area contributed by atoms with Crippen LogP contribution in [-0.4, -0.2) is 4.98 Å². The number of aryl methyl sites for hydroxylation is 1. The average Bonchev–Trinajstić information content (AvgIpc) is 2.28. The predicted octanol–water partition coefficient (Wildman–Crippen LogP) is 3.67. The van der Waals surface area contributed by atoms with Crippen LogP contribution in [-0.2, 0) is 0 Å². The van der Waals surface area contributed by atoms with Gasteiger partial charge < -0.3 is 10.5 Å². The van der Waals surface area contributed by atoms with Gasteiger partial charge in [0, 0.05) is 12.3 Å². The molecule has 0 spiro atoms. The summed E-state index contributed by atoms with van der Waals surface area (Å²) in [5, 5.41) is 0. The summed E-state index contributed by atoms with van der Waals surface area (Å²) in [5.74, 6) is 0.515. The first-order valence-corrected chi connectivity index (χ1v) is 5.70. The van der Waals surface area contributed by atoms with Gasteiger partial charge in [0.05, 0.1) is 16.4 Å². The fraction of sp³-hybridized carbons (Fsp3) is 0.0833. The van der Waals surface area contributed by atoms with Crippen LogP contribution >= 0.6 is 15.9 Å². The molecule has 1 aromatic heterocycles. The molecule has 0 aliphatic rings. The molecule has 0 aliphatic heterocycles. The number of rotatable bonds is 2. The number of anilines is 1. The normalized spacial score (nSPS) is 10.3. The molecule has 0 aliphatic carbocycles. The van der Waals surface area contributed by atoms with Crippen LogP contribution in [0.15, 0.2) is 35.1 Å². The van der Waals surface area contributed by atoms with Gasteiger partial charge in [0.1, 0.15) is 11.6 Å². The number of nitrogens with two attached hydrogens (primary N) is 1. The van der Waals surface area contributed by atoms with Gasteiger partial charge in [-0.25, -0.2) is 4.39 Å². The molecule has 2 aromatic rings. The van der Waals surface area contributed by atoms with Crippen LogP contribution in [0.25, 0.3) is 0 Å². The highest BCUT2D eigenvalue weighted by atomic mass is 79.9. The summed E-state index contributed by atoms with van der Waals surface area (Å²) in [6.45, 7) is 1.69.